The highest BCUT2D eigenvalue weighted by Gasteiger charge is 2.38. The van der Waals surface area contributed by atoms with Crippen molar-refractivity contribution in [2.75, 3.05) is 13.2 Å². The van der Waals surface area contributed by atoms with E-state index in [1.165, 1.54) is 0 Å². The van der Waals surface area contributed by atoms with Crippen LogP contribution in [0.25, 0.3) is 0 Å². The van der Waals surface area contributed by atoms with Crippen molar-refractivity contribution < 1.29 is 9.47 Å². The van der Waals surface area contributed by atoms with Gasteiger partial charge >= 0.3 is 0 Å². The molecule has 2 nitrogen and oxygen atoms in total. The number of ether oxygens (including phenoxy) is 2. The van der Waals surface area contributed by atoms with E-state index in [1.807, 2.05) is 0 Å². The van der Waals surface area contributed by atoms with Crippen molar-refractivity contribution in [3.05, 3.63) is 0 Å². The topological polar surface area (TPSA) is 18.5 Å². The molecule has 3 atom stereocenters. The zero-order valence-corrected chi connectivity index (χ0v) is 5.67. The summed E-state index contributed by atoms with van der Waals surface area (Å²) in [5, 5.41) is 0. The van der Waals surface area contributed by atoms with Gasteiger partial charge in [0, 0.05) is 12.5 Å². The first-order chi connectivity index (χ1) is 4.38. The van der Waals surface area contributed by atoms with Crippen LogP contribution in [0.1, 0.15) is 13.3 Å². The number of fused-ring (bicyclic) bond motifs is 1. The predicted octanol–water partition coefficient (Wildman–Crippen LogP) is 0.810. The van der Waals surface area contributed by atoms with Crippen LogP contribution in [0.3, 0.4) is 0 Å². The molecule has 0 N–H and O–H groups in total. The Balaban J connectivity index is 2.07. The molecule has 0 amide bonds. The Morgan fingerprint density at radius 3 is 3.00 bits per heavy atom. The summed E-state index contributed by atoms with van der Waals surface area (Å²) in [4.78, 5) is 0. The van der Waals surface area contributed by atoms with Gasteiger partial charge in [-0.15, -0.1) is 0 Å². The molecule has 0 radical (unpaired) electrons. The molecule has 1 unspecified atom stereocenters. The molecule has 2 rings (SSSR count). The van der Waals surface area contributed by atoms with Crippen LogP contribution in [-0.4, -0.2) is 25.4 Å². The number of hydrogen-bond acceptors (Lipinski definition) is 2. The van der Waals surface area contributed by atoms with E-state index in [1.54, 1.807) is 0 Å². The van der Waals surface area contributed by atoms with E-state index in [2.05, 4.69) is 6.92 Å². The van der Waals surface area contributed by atoms with Crippen LogP contribution in [0.2, 0.25) is 0 Å². The molecule has 52 valence electrons. The largest absolute Gasteiger partial charge is 0.375 e. The van der Waals surface area contributed by atoms with Crippen LogP contribution in [0.4, 0.5) is 0 Å². The van der Waals surface area contributed by atoms with Crippen LogP contribution in [0.5, 0.6) is 0 Å². The standard InChI is InChI=1S/C7H12O2/c1-5-4-9-6-2-3-8-7(5)6/h5-7H,2-4H2,1H3/t5-,6-,7?/m1/s1. The van der Waals surface area contributed by atoms with Gasteiger partial charge in [-0.3, -0.25) is 0 Å². The SMILES string of the molecule is C[C@@H]1CO[C@@H]2CCOC12. The molecule has 2 aliphatic heterocycles. The molecule has 0 aromatic carbocycles. The van der Waals surface area contributed by atoms with Crippen molar-refractivity contribution in [3.8, 4) is 0 Å². The van der Waals surface area contributed by atoms with Crippen LogP contribution in [-0.2, 0) is 9.47 Å². The smallest absolute Gasteiger partial charge is 0.0884 e. The van der Waals surface area contributed by atoms with Gasteiger partial charge in [0.05, 0.1) is 18.8 Å². The quantitative estimate of drug-likeness (QED) is 0.480. The molecule has 2 heteroatoms. The Morgan fingerprint density at radius 1 is 1.33 bits per heavy atom. The van der Waals surface area contributed by atoms with Gasteiger partial charge in [-0.2, -0.15) is 0 Å². The van der Waals surface area contributed by atoms with Crippen molar-refractivity contribution in [2.24, 2.45) is 5.92 Å². The average Bonchev–Trinajstić information content (AvgIpc) is 2.35. The van der Waals surface area contributed by atoms with Crippen LogP contribution in [0, 0.1) is 5.92 Å². The molecule has 9 heavy (non-hydrogen) atoms. The molecule has 0 saturated carbocycles. The third-order valence-corrected chi connectivity index (χ3v) is 2.21. The lowest BCUT2D eigenvalue weighted by atomic mass is 10.1. The summed E-state index contributed by atoms with van der Waals surface area (Å²) >= 11 is 0. The Morgan fingerprint density at radius 2 is 2.22 bits per heavy atom. The van der Waals surface area contributed by atoms with Crippen molar-refractivity contribution >= 4 is 0 Å². The maximum atomic E-state index is 5.46. The van der Waals surface area contributed by atoms with E-state index in [0.717, 1.165) is 19.6 Å². The van der Waals surface area contributed by atoms with Gasteiger partial charge in [-0.1, -0.05) is 6.92 Å². The second-order valence-corrected chi connectivity index (χ2v) is 2.97. The Kier molecular flexibility index (Phi) is 1.24. The lowest BCUT2D eigenvalue weighted by Crippen LogP contribution is -2.19. The molecule has 2 fully saturated rings. The van der Waals surface area contributed by atoms with Gasteiger partial charge in [-0.25, -0.2) is 0 Å². The van der Waals surface area contributed by atoms with E-state index in [0.29, 0.717) is 18.1 Å². The molecule has 2 heterocycles. The summed E-state index contributed by atoms with van der Waals surface area (Å²) in [5.41, 5.74) is 0. The summed E-state index contributed by atoms with van der Waals surface area (Å²) in [7, 11) is 0. The fourth-order valence-electron chi connectivity index (χ4n) is 1.67. The maximum absolute atomic E-state index is 5.46. The van der Waals surface area contributed by atoms with Crippen molar-refractivity contribution in [1.29, 1.82) is 0 Å². The highest BCUT2D eigenvalue weighted by Crippen LogP contribution is 2.29. The third kappa shape index (κ3) is 0.775. The highest BCUT2D eigenvalue weighted by molar-refractivity contribution is 4.86. The predicted molar refractivity (Wildman–Crippen MR) is 33.3 cm³/mol. The van der Waals surface area contributed by atoms with Gasteiger partial charge in [0.2, 0.25) is 0 Å². The van der Waals surface area contributed by atoms with Gasteiger partial charge in [0.15, 0.2) is 0 Å². The Labute approximate surface area is 55.1 Å². The summed E-state index contributed by atoms with van der Waals surface area (Å²) < 4.78 is 10.9. The zero-order valence-electron chi connectivity index (χ0n) is 5.67. The van der Waals surface area contributed by atoms with Gasteiger partial charge in [0.1, 0.15) is 0 Å². The van der Waals surface area contributed by atoms with Crippen LogP contribution in [0.15, 0.2) is 0 Å². The molecular formula is C7H12O2. The van der Waals surface area contributed by atoms with Crippen molar-refractivity contribution in [3.63, 3.8) is 0 Å². The minimum absolute atomic E-state index is 0.421. The summed E-state index contributed by atoms with van der Waals surface area (Å²) in [6, 6.07) is 0. The lowest BCUT2D eigenvalue weighted by Gasteiger charge is -2.08. The minimum Gasteiger partial charge on any atom is -0.375 e. The lowest BCUT2D eigenvalue weighted by molar-refractivity contribution is 0.0658. The number of hydrogen-bond donors (Lipinski definition) is 0. The van der Waals surface area contributed by atoms with Gasteiger partial charge in [0.25, 0.3) is 0 Å². The van der Waals surface area contributed by atoms with E-state index in [-0.39, 0.29) is 0 Å². The molecule has 0 aliphatic carbocycles. The second kappa shape index (κ2) is 1.96. The van der Waals surface area contributed by atoms with Crippen LogP contribution < -0.4 is 0 Å². The van der Waals surface area contributed by atoms with Crippen molar-refractivity contribution in [2.45, 2.75) is 25.6 Å². The first kappa shape index (κ1) is 5.69. The first-order valence-electron chi connectivity index (χ1n) is 3.61. The zero-order chi connectivity index (χ0) is 6.27. The summed E-state index contributed by atoms with van der Waals surface area (Å²) in [5.74, 6) is 0.623. The van der Waals surface area contributed by atoms with E-state index >= 15 is 0 Å². The Bertz CT molecular complexity index is 113. The summed E-state index contributed by atoms with van der Waals surface area (Å²) in [6.45, 7) is 3.99. The first-order valence-corrected chi connectivity index (χ1v) is 3.61. The minimum atomic E-state index is 0.421. The normalized spacial score (nSPS) is 49.7. The van der Waals surface area contributed by atoms with Gasteiger partial charge < -0.3 is 9.47 Å². The fourth-order valence-corrected chi connectivity index (χ4v) is 1.67. The molecule has 2 aliphatic rings. The molecule has 0 aromatic rings. The molecule has 0 spiro atoms. The maximum Gasteiger partial charge on any atom is 0.0884 e. The van der Waals surface area contributed by atoms with Gasteiger partial charge in [-0.05, 0) is 6.42 Å². The van der Waals surface area contributed by atoms with E-state index < -0.39 is 0 Å². The second-order valence-electron chi connectivity index (χ2n) is 2.97. The third-order valence-electron chi connectivity index (χ3n) is 2.21. The Hall–Kier alpha value is -0.0800. The summed E-state index contributed by atoms with van der Waals surface area (Å²) in [6.07, 6.45) is 1.96. The molecular weight excluding hydrogens is 116 g/mol. The monoisotopic (exact) mass is 128 g/mol. The van der Waals surface area contributed by atoms with E-state index in [9.17, 15) is 0 Å². The average molecular weight is 128 g/mol. The molecule has 0 aromatic heterocycles. The van der Waals surface area contributed by atoms with E-state index in [4.69, 9.17) is 9.47 Å². The molecule has 0 bridgehead atoms. The van der Waals surface area contributed by atoms with Crippen molar-refractivity contribution in [1.82, 2.24) is 0 Å². The number of rotatable bonds is 0. The molecule has 2 saturated heterocycles. The van der Waals surface area contributed by atoms with Crippen LogP contribution >= 0.6 is 0 Å². The highest BCUT2D eigenvalue weighted by atomic mass is 16.6. The fraction of sp³-hybridized carbons (Fsp3) is 1.00.